The van der Waals surface area contributed by atoms with Crippen LogP contribution in [0.15, 0.2) is 52.2 Å². The van der Waals surface area contributed by atoms with Gasteiger partial charge in [-0.2, -0.15) is 0 Å². The van der Waals surface area contributed by atoms with Crippen molar-refractivity contribution < 1.29 is 8.42 Å². The minimum Gasteiger partial charge on any atom is -0.229 e. The highest BCUT2D eigenvalue weighted by molar-refractivity contribution is 14.1. The number of fused-ring (bicyclic) bond motifs is 1. The maximum Gasteiger partial charge on any atom is 0.270 e. The average Bonchev–Trinajstić information content (AvgIpc) is 2.78. The number of hydrogen-bond donors (Lipinski definition) is 0. The van der Waals surface area contributed by atoms with E-state index in [1.807, 2.05) is 22.6 Å². The van der Waals surface area contributed by atoms with Crippen LogP contribution >= 0.6 is 38.5 Å². The first-order chi connectivity index (χ1) is 9.51. The van der Waals surface area contributed by atoms with Gasteiger partial charge in [-0.3, -0.25) is 0 Å². The summed E-state index contributed by atoms with van der Waals surface area (Å²) in [5.41, 5.74) is 0.361. The summed E-state index contributed by atoms with van der Waals surface area (Å²) < 4.78 is 27.8. The van der Waals surface area contributed by atoms with Crippen molar-refractivity contribution in [2.45, 2.75) is 4.90 Å². The predicted molar refractivity (Wildman–Crippen MR) is 87.0 cm³/mol. The van der Waals surface area contributed by atoms with E-state index in [-0.39, 0.29) is 4.90 Å². The minimum atomic E-state index is -3.67. The fraction of sp³-hybridized carbons (Fsp3) is 0. The van der Waals surface area contributed by atoms with Crippen LogP contribution in [0.5, 0.6) is 0 Å². The topological polar surface area (TPSA) is 64.8 Å². The fourth-order valence-electron chi connectivity index (χ4n) is 1.86. The Hall–Kier alpha value is -1.00. The Morgan fingerprint density at radius 2 is 1.85 bits per heavy atom. The molecule has 0 radical (unpaired) electrons. The largest absolute Gasteiger partial charge is 0.270 e. The van der Waals surface area contributed by atoms with Gasteiger partial charge in [0.05, 0.1) is 14.0 Å². The maximum atomic E-state index is 12.7. The van der Waals surface area contributed by atoms with Gasteiger partial charge in [0.1, 0.15) is 10.9 Å². The van der Waals surface area contributed by atoms with Crippen molar-refractivity contribution in [2.75, 3.05) is 0 Å². The Kier molecular flexibility index (Phi) is 3.55. The highest BCUT2D eigenvalue weighted by Gasteiger charge is 2.23. The van der Waals surface area contributed by atoms with Crippen molar-refractivity contribution in [1.29, 1.82) is 0 Å². The zero-order chi connectivity index (χ0) is 14.3. The lowest BCUT2D eigenvalue weighted by atomic mass is 10.4. The molecular formula is C12H7BrIN3O2S. The molecule has 3 aromatic rings. The highest BCUT2D eigenvalue weighted by atomic mass is 127. The third kappa shape index (κ3) is 2.15. The summed E-state index contributed by atoms with van der Waals surface area (Å²) in [6, 6.07) is 10.0. The number of halogens is 2. The zero-order valence-electron chi connectivity index (χ0n) is 9.86. The molecule has 8 heteroatoms. The Morgan fingerprint density at radius 3 is 2.55 bits per heavy atom. The molecule has 0 aliphatic heterocycles. The minimum absolute atomic E-state index is 0.227. The van der Waals surface area contributed by atoms with Crippen molar-refractivity contribution in [3.63, 3.8) is 0 Å². The molecule has 0 saturated heterocycles. The lowest BCUT2D eigenvalue weighted by molar-refractivity contribution is 0.588. The standard InChI is InChI=1S/C12H7BrIN3O2S/c13-11-9-6-10(14)17(12(9)16-7-15-11)20(18,19)8-4-2-1-3-5-8/h1-7H. The second-order valence-electron chi connectivity index (χ2n) is 3.95. The molecule has 5 nitrogen and oxygen atoms in total. The van der Waals surface area contributed by atoms with Crippen LogP contribution in [0.25, 0.3) is 11.0 Å². The Morgan fingerprint density at radius 1 is 1.15 bits per heavy atom. The summed E-state index contributed by atoms with van der Waals surface area (Å²) in [5, 5.41) is 0.663. The first-order valence-electron chi connectivity index (χ1n) is 5.50. The van der Waals surface area contributed by atoms with Gasteiger partial charge in [0, 0.05) is 0 Å². The quantitative estimate of drug-likeness (QED) is 0.433. The molecule has 0 amide bonds. The van der Waals surface area contributed by atoms with Gasteiger partial charge in [-0.05, 0) is 56.7 Å². The number of rotatable bonds is 2. The van der Waals surface area contributed by atoms with Crippen LogP contribution in [0.2, 0.25) is 0 Å². The van der Waals surface area contributed by atoms with Crippen LogP contribution in [0.4, 0.5) is 0 Å². The van der Waals surface area contributed by atoms with Gasteiger partial charge in [-0.15, -0.1) is 0 Å². The van der Waals surface area contributed by atoms with Crippen LogP contribution in [-0.2, 0) is 10.0 Å². The zero-order valence-corrected chi connectivity index (χ0v) is 14.4. The van der Waals surface area contributed by atoms with E-state index in [0.717, 1.165) is 0 Å². The summed E-state index contributed by atoms with van der Waals surface area (Å²) in [6.07, 6.45) is 1.33. The molecule has 102 valence electrons. The van der Waals surface area contributed by atoms with Gasteiger partial charge in [0.2, 0.25) is 0 Å². The first kappa shape index (κ1) is 14.0. The monoisotopic (exact) mass is 463 g/mol. The van der Waals surface area contributed by atoms with Gasteiger partial charge < -0.3 is 0 Å². The van der Waals surface area contributed by atoms with Crippen molar-refractivity contribution in [3.8, 4) is 0 Å². The van der Waals surface area contributed by atoms with E-state index in [9.17, 15) is 8.42 Å². The van der Waals surface area contributed by atoms with E-state index in [2.05, 4.69) is 25.9 Å². The predicted octanol–water partition coefficient (Wildman–Crippen LogP) is 3.04. The van der Waals surface area contributed by atoms with Crippen LogP contribution in [0, 0.1) is 3.70 Å². The van der Waals surface area contributed by atoms with Gasteiger partial charge in [0.15, 0.2) is 5.65 Å². The van der Waals surface area contributed by atoms with E-state index < -0.39 is 10.0 Å². The van der Waals surface area contributed by atoms with Crippen LogP contribution in [0.3, 0.4) is 0 Å². The van der Waals surface area contributed by atoms with E-state index >= 15 is 0 Å². The third-order valence-electron chi connectivity index (χ3n) is 2.75. The molecule has 0 atom stereocenters. The van der Waals surface area contributed by atoms with Gasteiger partial charge in [-0.1, -0.05) is 18.2 Å². The Balaban J connectivity index is 2.36. The molecule has 1 aromatic carbocycles. The molecule has 0 saturated carbocycles. The normalized spacial score (nSPS) is 11.9. The molecule has 0 aliphatic carbocycles. The third-order valence-corrected chi connectivity index (χ3v) is 6.22. The molecule has 0 N–H and O–H groups in total. The summed E-state index contributed by atoms with van der Waals surface area (Å²) in [6.45, 7) is 0. The summed E-state index contributed by atoms with van der Waals surface area (Å²) in [4.78, 5) is 8.33. The smallest absolute Gasteiger partial charge is 0.229 e. The van der Waals surface area contributed by atoms with Gasteiger partial charge in [-0.25, -0.2) is 22.4 Å². The van der Waals surface area contributed by atoms with Crippen molar-refractivity contribution in [2.24, 2.45) is 0 Å². The van der Waals surface area contributed by atoms with E-state index in [0.29, 0.717) is 19.3 Å². The number of hydrogen-bond acceptors (Lipinski definition) is 4. The molecule has 0 unspecified atom stereocenters. The number of aromatic nitrogens is 3. The molecule has 0 aliphatic rings. The van der Waals surface area contributed by atoms with Gasteiger partial charge in [0.25, 0.3) is 10.0 Å². The van der Waals surface area contributed by atoms with Crippen LogP contribution in [0.1, 0.15) is 0 Å². The first-order valence-corrected chi connectivity index (χ1v) is 8.81. The molecule has 3 rings (SSSR count). The van der Waals surface area contributed by atoms with E-state index in [1.54, 1.807) is 36.4 Å². The molecule has 2 heterocycles. The van der Waals surface area contributed by atoms with Crippen LogP contribution < -0.4 is 0 Å². The average molecular weight is 464 g/mol. The lowest BCUT2D eigenvalue weighted by Gasteiger charge is -2.08. The molecule has 0 bridgehead atoms. The van der Waals surface area contributed by atoms with Gasteiger partial charge >= 0.3 is 0 Å². The second-order valence-corrected chi connectivity index (χ2v) is 7.59. The molecule has 0 spiro atoms. The number of nitrogens with zero attached hydrogens (tertiary/aromatic N) is 3. The summed E-state index contributed by atoms with van der Waals surface area (Å²) >= 11 is 5.28. The van der Waals surface area contributed by atoms with Crippen LogP contribution in [-0.4, -0.2) is 22.4 Å². The van der Waals surface area contributed by atoms with E-state index in [1.165, 1.54) is 10.3 Å². The summed E-state index contributed by atoms with van der Waals surface area (Å²) in [5.74, 6) is 0. The second kappa shape index (κ2) is 5.08. The molecular weight excluding hydrogens is 457 g/mol. The summed E-state index contributed by atoms with van der Waals surface area (Å²) in [7, 11) is -3.67. The van der Waals surface area contributed by atoms with Crippen molar-refractivity contribution in [3.05, 3.63) is 51.0 Å². The van der Waals surface area contributed by atoms with Crippen molar-refractivity contribution >= 4 is 59.6 Å². The SMILES string of the molecule is O=S(=O)(c1ccccc1)n1c(I)cc2c(Br)ncnc21. The molecule has 20 heavy (non-hydrogen) atoms. The lowest BCUT2D eigenvalue weighted by Crippen LogP contribution is -2.14. The maximum absolute atomic E-state index is 12.7. The van der Waals surface area contributed by atoms with Crippen molar-refractivity contribution in [1.82, 2.24) is 13.9 Å². The van der Waals surface area contributed by atoms with E-state index in [4.69, 9.17) is 0 Å². The Bertz CT molecular complexity index is 894. The highest BCUT2D eigenvalue weighted by Crippen LogP contribution is 2.28. The fourth-order valence-corrected chi connectivity index (χ4v) is 4.93. The Labute approximate surface area is 137 Å². The molecule has 0 fully saturated rings. The molecule has 2 aromatic heterocycles. The number of benzene rings is 1.